The highest BCUT2D eigenvalue weighted by Crippen LogP contribution is 2.30. The zero-order chi connectivity index (χ0) is 13.7. The third-order valence-corrected chi connectivity index (χ3v) is 3.40. The third kappa shape index (κ3) is 3.52. The minimum atomic E-state index is -0.716. The first kappa shape index (κ1) is 14.0. The van der Waals surface area contributed by atoms with E-state index in [0.717, 1.165) is 5.69 Å². The summed E-state index contributed by atoms with van der Waals surface area (Å²) in [4.78, 5) is 0. The third-order valence-electron chi connectivity index (χ3n) is 3.40. The van der Waals surface area contributed by atoms with Crippen LogP contribution in [0, 0.1) is 0 Å². The summed E-state index contributed by atoms with van der Waals surface area (Å²) < 4.78 is 10.7. The van der Waals surface area contributed by atoms with Crippen LogP contribution >= 0.6 is 0 Å². The molecule has 5 heteroatoms. The Balaban J connectivity index is 2.00. The topological polar surface area (TPSA) is 76.7 Å². The number of benzene rings is 1. The summed E-state index contributed by atoms with van der Waals surface area (Å²) in [6.45, 7) is 4.18. The van der Waals surface area contributed by atoms with E-state index in [4.69, 9.17) is 15.2 Å². The summed E-state index contributed by atoms with van der Waals surface area (Å²) in [6, 6.07) is 5.62. The lowest BCUT2D eigenvalue weighted by Crippen LogP contribution is -2.42. The van der Waals surface area contributed by atoms with Gasteiger partial charge in [-0.3, -0.25) is 0 Å². The predicted octanol–water partition coefficient (Wildman–Crippen LogP) is 1.62. The minimum Gasteiger partial charge on any atom is -0.492 e. The molecule has 0 atom stereocenters. The molecule has 19 heavy (non-hydrogen) atoms. The van der Waals surface area contributed by atoms with Gasteiger partial charge >= 0.3 is 0 Å². The van der Waals surface area contributed by atoms with Crippen LogP contribution in [0.25, 0.3) is 0 Å². The highest BCUT2D eigenvalue weighted by atomic mass is 16.5. The number of para-hydroxylation sites is 1. The van der Waals surface area contributed by atoms with Crippen LogP contribution < -0.4 is 15.8 Å². The zero-order valence-electron chi connectivity index (χ0n) is 11.3. The molecular weight excluding hydrogens is 244 g/mol. The first-order valence-corrected chi connectivity index (χ1v) is 6.70. The van der Waals surface area contributed by atoms with Crippen molar-refractivity contribution >= 4 is 11.4 Å². The van der Waals surface area contributed by atoms with Crippen molar-refractivity contribution in [3.05, 3.63) is 18.2 Å². The van der Waals surface area contributed by atoms with E-state index in [-0.39, 0.29) is 0 Å². The van der Waals surface area contributed by atoms with Gasteiger partial charge in [0.25, 0.3) is 0 Å². The molecule has 0 bridgehead atoms. The van der Waals surface area contributed by atoms with E-state index in [1.165, 1.54) is 0 Å². The van der Waals surface area contributed by atoms with E-state index in [1.54, 1.807) is 0 Å². The summed E-state index contributed by atoms with van der Waals surface area (Å²) in [5.41, 5.74) is 6.70. The zero-order valence-corrected chi connectivity index (χ0v) is 11.3. The molecule has 0 aromatic heterocycles. The predicted molar refractivity (Wildman–Crippen MR) is 75.5 cm³/mol. The SMILES string of the molecule is CCOc1cccc(NCC2(O)CCOCC2)c1N. The Morgan fingerprint density at radius 1 is 1.42 bits per heavy atom. The van der Waals surface area contributed by atoms with Gasteiger partial charge in [0.15, 0.2) is 0 Å². The van der Waals surface area contributed by atoms with Crippen molar-refractivity contribution in [3.8, 4) is 5.75 Å². The number of hydrogen-bond acceptors (Lipinski definition) is 5. The van der Waals surface area contributed by atoms with Crippen LogP contribution in [0.5, 0.6) is 5.75 Å². The van der Waals surface area contributed by atoms with Crippen molar-refractivity contribution in [2.75, 3.05) is 37.4 Å². The van der Waals surface area contributed by atoms with Crippen LogP contribution in [0.1, 0.15) is 19.8 Å². The standard InChI is InChI=1S/C14H22N2O3/c1-2-19-12-5-3-4-11(13(12)15)16-10-14(17)6-8-18-9-7-14/h3-5,16-17H,2,6-10,15H2,1H3. The highest BCUT2D eigenvalue weighted by Gasteiger charge is 2.29. The molecular formula is C14H22N2O3. The van der Waals surface area contributed by atoms with E-state index in [0.29, 0.717) is 50.6 Å². The van der Waals surface area contributed by atoms with E-state index in [9.17, 15) is 5.11 Å². The number of anilines is 2. The fraction of sp³-hybridized carbons (Fsp3) is 0.571. The lowest BCUT2D eigenvalue weighted by molar-refractivity contribution is -0.0543. The van der Waals surface area contributed by atoms with Crippen LogP contribution in [-0.4, -0.2) is 37.1 Å². The number of nitrogens with one attached hydrogen (secondary N) is 1. The van der Waals surface area contributed by atoms with Crippen LogP contribution in [0.4, 0.5) is 11.4 Å². The quantitative estimate of drug-likeness (QED) is 0.706. The summed E-state index contributed by atoms with van der Waals surface area (Å²) in [5, 5.41) is 13.6. The van der Waals surface area contributed by atoms with Crippen molar-refractivity contribution in [2.24, 2.45) is 0 Å². The Morgan fingerprint density at radius 2 is 2.16 bits per heavy atom. The van der Waals surface area contributed by atoms with E-state index >= 15 is 0 Å². The maximum Gasteiger partial charge on any atom is 0.144 e. The van der Waals surface area contributed by atoms with Crippen LogP contribution in [0.2, 0.25) is 0 Å². The Hall–Kier alpha value is -1.46. The average Bonchev–Trinajstić information content (AvgIpc) is 2.41. The van der Waals surface area contributed by atoms with Gasteiger partial charge in [-0.15, -0.1) is 0 Å². The van der Waals surface area contributed by atoms with Gasteiger partial charge in [0.05, 0.1) is 23.6 Å². The largest absolute Gasteiger partial charge is 0.492 e. The average molecular weight is 266 g/mol. The molecule has 4 N–H and O–H groups in total. The van der Waals surface area contributed by atoms with Gasteiger partial charge < -0.3 is 25.6 Å². The van der Waals surface area contributed by atoms with Crippen molar-refractivity contribution in [3.63, 3.8) is 0 Å². The molecule has 0 spiro atoms. The van der Waals surface area contributed by atoms with Crippen molar-refractivity contribution < 1.29 is 14.6 Å². The number of ether oxygens (including phenoxy) is 2. The molecule has 2 rings (SSSR count). The van der Waals surface area contributed by atoms with Crippen LogP contribution in [-0.2, 0) is 4.74 Å². The molecule has 106 valence electrons. The maximum atomic E-state index is 10.4. The molecule has 1 aromatic rings. The molecule has 1 aromatic carbocycles. The Kier molecular flexibility index (Phi) is 4.50. The van der Waals surface area contributed by atoms with Gasteiger partial charge in [0, 0.05) is 32.6 Å². The lowest BCUT2D eigenvalue weighted by Gasteiger charge is -2.32. The monoisotopic (exact) mass is 266 g/mol. The molecule has 0 unspecified atom stereocenters. The van der Waals surface area contributed by atoms with Crippen molar-refractivity contribution in [1.82, 2.24) is 0 Å². The summed E-state index contributed by atoms with van der Waals surface area (Å²) >= 11 is 0. The van der Waals surface area contributed by atoms with Crippen LogP contribution in [0.3, 0.4) is 0 Å². The highest BCUT2D eigenvalue weighted by molar-refractivity contribution is 5.73. The molecule has 0 saturated carbocycles. The summed E-state index contributed by atoms with van der Waals surface area (Å²) in [7, 11) is 0. The second kappa shape index (κ2) is 6.12. The molecule has 0 aliphatic carbocycles. The number of nitrogens with two attached hydrogens (primary N) is 1. The molecule has 1 heterocycles. The molecule has 0 amide bonds. The first-order chi connectivity index (χ1) is 9.14. The normalized spacial score (nSPS) is 18.0. The second-order valence-corrected chi connectivity index (χ2v) is 4.84. The first-order valence-electron chi connectivity index (χ1n) is 6.70. The van der Waals surface area contributed by atoms with Gasteiger partial charge in [-0.05, 0) is 19.1 Å². The van der Waals surface area contributed by atoms with Gasteiger partial charge in [0.2, 0.25) is 0 Å². The second-order valence-electron chi connectivity index (χ2n) is 4.84. The fourth-order valence-electron chi connectivity index (χ4n) is 2.17. The fourth-order valence-corrected chi connectivity index (χ4v) is 2.17. The Morgan fingerprint density at radius 3 is 2.84 bits per heavy atom. The molecule has 5 nitrogen and oxygen atoms in total. The molecule has 1 aliphatic rings. The van der Waals surface area contributed by atoms with E-state index < -0.39 is 5.60 Å². The van der Waals surface area contributed by atoms with Crippen molar-refractivity contribution in [1.29, 1.82) is 0 Å². The van der Waals surface area contributed by atoms with Crippen molar-refractivity contribution in [2.45, 2.75) is 25.4 Å². The van der Waals surface area contributed by atoms with E-state index in [2.05, 4.69) is 5.32 Å². The number of aliphatic hydroxyl groups is 1. The smallest absolute Gasteiger partial charge is 0.144 e. The number of hydrogen-bond donors (Lipinski definition) is 3. The Labute approximate surface area is 113 Å². The molecule has 1 fully saturated rings. The van der Waals surface area contributed by atoms with Gasteiger partial charge in [0.1, 0.15) is 5.75 Å². The van der Waals surface area contributed by atoms with Gasteiger partial charge in [-0.25, -0.2) is 0 Å². The maximum absolute atomic E-state index is 10.4. The summed E-state index contributed by atoms with van der Waals surface area (Å²) in [5.74, 6) is 0.673. The lowest BCUT2D eigenvalue weighted by atomic mass is 9.94. The molecule has 0 radical (unpaired) electrons. The van der Waals surface area contributed by atoms with Gasteiger partial charge in [-0.2, -0.15) is 0 Å². The van der Waals surface area contributed by atoms with E-state index in [1.807, 2.05) is 25.1 Å². The van der Waals surface area contributed by atoms with Crippen LogP contribution in [0.15, 0.2) is 18.2 Å². The number of nitrogen functional groups attached to an aromatic ring is 1. The summed E-state index contributed by atoms with van der Waals surface area (Å²) in [6.07, 6.45) is 1.29. The number of rotatable bonds is 5. The molecule has 1 saturated heterocycles. The molecule has 1 aliphatic heterocycles. The van der Waals surface area contributed by atoms with Gasteiger partial charge in [-0.1, -0.05) is 6.07 Å². The Bertz CT molecular complexity index is 417. The minimum absolute atomic E-state index is 0.468.